The SMILES string of the molecule is Cc1ccc(-c2cc(C)c(CC(C)C)cn2)cc1. The summed E-state index contributed by atoms with van der Waals surface area (Å²) < 4.78 is 0. The van der Waals surface area contributed by atoms with E-state index in [1.54, 1.807) is 0 Å². The highest BCUT2D eigenvalue weighted by Gasteiger charge is 2.05. The van der Waals surface area contributed by atoms with Crippen molar-refractivity contribution in [2.75, 3.05) is 0 Å². The van der Waals surface area contributed by atoms with Crippen molar-refractivity contribution in [3.63, 3.8) is 0 Å². The third-order valence-corrected chi connectivity index (χ3v) is 3.19. The summed E-state index contributed by atoms with van der Waals surface area (Å²) in [6.45, 7) is 8.77. The van der Waals surface area contributed by atoms with Crippen LogP contribution in [0.15, 0.2) is 36.5 Å². The van der Waals surface area contributed by atoms with E-state index in [0.29, 0.717) is 5.92 Å². The highest BCUT2D eigenvalue weighted by molar-refractivity contribution is 5.60. The van der Waals surface area contributed by atoms with E-state index in [4.69, 9.17) is 0 Å². The van der Waals surface area contributed by atoms with Gasteiger partial charge in [0.15, 0.2) is 0 Å². The van der Waals surface area contributed by atoms with Crippen LogP contribution in [-0.4, -0.2) is 4.98 Å². The Morgan fingerprint density at radius 2 is 1.72 bits per heavy atom. The summed E-state index contributed by atoms with van der Waals surface area (Å²) in [5, 5.41) is 0. The number of aromatic nitrogens is 1. The minimum Gasteiger partial charge on any atom is -0.256 e. The van der Waals surface area contributed by atoms with E-state index in [1.807, 2.05) is 6.20 Å². The fourth-order valence-corrected chi connectivity index (χ4v) is 2.12. The van der Waals surface area contributed by atoms with Gasteiger partial charge in [0, 0.05) is 11.8 Å². The molecule has 0 aliphatic heterocycles. The fraction of sp³-hybridized carbons (Fsp3) is 0.353. The lowest BCUT2D eigenvalue weighted by Gasteiger charge is -2.10. The second kappa shape index (κ2) is 5.34. The summed E-state index contributed by atoms with van der Waals surface area (Å²) in [7, 11) is 0. The first kappa shape index (κ1) is 12.8. The molecule has 0 amide bonds. The summed E-state index contributed by atoms with van der Waals surface area (Å²) in [5.41, 5.74) is 6.25. The van der Waals surface area contributed by atoms with Crippen LogP contribution in [0.2, 0.25) is 0 Å². The first-order valence-corrected chi connectivity index (χ1v) is 6.59. The molecule has 94 valence electrons. The molecular formula is C17H21N. The second-order valence-electron chi connectivity index (χ2n) is 5.46. The number of aryl methyl sites for hydroxylation is 2. The third kappa shape index (κ3) is 2.98. The molecule has 1 nitrogen and oxygen atoms in total. The maximum atomic E-state index is 4.59. The third-order valence-electron chi connectivity index (χ3n) is 3.19. The second-order valence-corrected chi connectivity index (χ2v) is 5.46. The smallest absolute Gasteiger partial charge is 0.0704 e. The molecule has 2 rings (SSSR count). The van der Waals surface area contributed by atoms with Crippen molar-refractivity contribution in [3.05, 3.63) is 53.2 Å². The predicted molar refractivity (Wildman–Crippen MR) is 77.7 cm³/mol. The summed E-state index contributed by atoms with van der Waals surface area (Å²) >= 11 is 0. The van der Waals surface area contributed by atoms with Crippen LogP contribution in [0.3, 0.4) is 0 Å². The number of nitrogens with zero attached hydrogens (tertiary/aromatic N) is 1. The summed E-state index contributed by atoms with van der Waals surface area (Å²) in [6.07, 6.45) is 3.14. The normalized spacial score (nSPS) is 10.9. The highest BCUT2D eigenvalue weighted by atomic mass is 14.7. The first-order valence-electron chi connectivity index (χ1n) is 6.59. The molecule has 1 aromatic carbocycles. The Balaban J connectivity index is 2.31. The van der Waals surface area contributed by atoms with Crippen molar-refractivity contribution in [1.82, 2.24) is 4.98 Å². The number of benzene rings is 1. The molecule has 2 aromatic rings. The first-order chi connectivity index (χ1) is 8.56. The average Bonchev–Trinajstić information content (AvgIpc) is 2.32. The number of pyridine rings is 1. The molecular weight excluding hydrogens is 218 g/mol. The standard InChI is InChI=1S/C17H21N/c1-12(2)9-16-11-18-17(10-14(16)4)15-7-5-13(3)6-8-15/h5-8,10-12H,9H2,1-4H3. The van der Waals surface area contributed by atoms with Crippen LogP contribution in [0.25, 0.3) is 11.3 Å². The van der Waals surface area contributed by atoms with Crippen molar-refractivity contribution in [2.24, 2.45) is 5.92 Å². The van der Waals surface area contributed by atoms with Crippen LogP contribution >= 0.6 is 0 Å². The van der Waals surface area contributed by atoms with Crippen LogP contribution in [0, 0.1) is 19.8 Å². The zero-order valence-electron chi connectivity index (χ0n) is 11.7. The highest BCUT2D eigenvalue weighted by Crippen LogP contribution is 2.21. The lowest BCUT2D eigenvalue weighted by atomic mass is 9.99. The van der Waals surface area contributed by atoms with E-state index >= 15 is 0 Å². The van der Waals surface area contributed by atoms with Gasteiger partial charge in [-0.1, -0.05) is 43.7 Å². The van der Waals surface area contributed by atoms with E-state index in [0.717, 1.165) is 12.1 Å². The number of hydrogen-bond donors (Lipinski definition) is 0. The van der Waals surface area contributed by atoms with Gasteiger partial charge in [0.1, 0.15) is 0 Å². The number of rotatable bonds is 3. The monoisotopic (exact) mass is 239 g/mol. The molecule has 0 spiro atoms. The van der Waals surface area contributed by atoms with Gasteiger partial charge in [0.05, 0.1) is 5.69 Å². The van der Waals surface area contributed by atoms with E-state index in [1.165, 1.54) is 22.3 Å². The largest absolute Gasteiger partial charge is 0.256 e. The van der Waals surface area contributed by atoms with Gasteiger partial charge < -0.3 is 0 Å². The van der Waals surface area contributed by atoms with Gasteiger partial charge in [0.25, 0.3) is 0 Å². The van der Waals surface area contributed by atoms with Gasteiger partial charge >= 0.3 is 0 Å². The summed E-state index contributed by atoms with van der Waals surface area (Å²) in [6, 6.07) is 10.7. The molecule has 0 aliphatic carbocycles. The van der Waals surface area contributed by atoms with Crippen LogP contribution in [0.5, 0.6) is 0 Å². The van der Waals surface area contributed by atoms with Crippen LogP contribution in [0.1, 0.15) is 30.5 Å². The van der Waals surface area contributed by atoms with E-state index < -0.39 is 0 Å². The molecule has 0 bridgehead atoms. The minimum absolute atomic E-state index is 0.677. The van der Waals surface area contributed by atoms with Crippen LogP contribution in [0.4, 0.5) is 0 Å². The molecule has 0 N–H and O–H groups in total. The van der Waals surface area contributed by atoms with E-state index in [-0.39, 0.29) is 0 Å². The summed E-state index contributed by atoms with van der Waals surface area (Å²) in [4.78, 5) is 4.59. The Morgan fingerprint density at radius 3 is 2.28 bits per heavy atom. The Labute approximate surface area is 110 Å². The van der Waals surface area contributed by atoms with Crippen LogP contribution in [-0.2, 0) is 6.42 Å². The van der Waals surface area contributed by atoms with Crippen molar-refractivity contribution in [3.8, 4) is 11.3 Å². The lowest BCUT2D eigenvalue weighted by Crippen LogP contribution is -1.98. The van der Waals surface area contributed by atoms with Gasteiger partial charge in [-0.3, -0.25) is 4.98 Å². The van der Waals surface area contributed by atoms with Crippen molar-refractivity contribution >= 4 is 0 Å². The molecule has 0 atom stereocenters. The van der Waals surface area contributed by atoms with Gasteiger partial charge in [-0.25, -0.2) is 0 Å². The lowest BCUT2D eigenvalue weighted by molar-refractivity contribution is 0.643. The molecule has 1 aromatic heterocycles. The van der Waals surface area contributed by atoms with Gasteiger partial charge in [-0.2, -0.15) is 0 Å². The average molecular weight is 239 g/mol. The Bertz CT molecular complexity index is 524. The zero-order valence-corrected chi connectivity index (χ0v) is 11.7. The molecule has 18 heavy (non-hydrogen) atoms. The number of hydrogen-bond acceptors (Lipinski definition) is 1. The topological polar surface area (TPSA) is 12.9 Å². The Morgan fingerprint density at radius 1 is 1.06 bits per heavy atom. The fourth-order valence-electron chi connectivity index (χ4n) is 2.12. The Hall–Kier alpha value is -1.63. The minimum atomic E-state index is 0.677. The van der Waals surface area contributed by atoms with Crippen molar-refractivity contribution < 1.29 is 0 Å². The molecule has 0 saturated heterocycles. The Kier molecular flexibility index (Phi) is 3.81. The quantitative estimate of drug-likeness (QED) is 0.765. The predicted octanol–water partition coefficient (Wildman–Crippen LogP) is 4.56. The van der Waals surface area contributed by atoms with Crippen molar-refractivity contribution in [2.45, 2.75) is 34.1 Å². The maximum absolute atomic E-state index is 4.59. The van der Waals surface area contributed by atoms with Gasteiger partial charge in [-0.15, -0.1) is 0 Å². The van der Waals surface area contributed by atoms with Gasteiger partial charge in [-0.05, 0) is 43.4 Å². The molecule has 1 heteroatoms. The summed E-state index contributed by atoms with van der Waals surface area (Å²) in [5.74, 6) is 0.677. The molecule has 0 unspecified atom stereocenters. The van der Waals surface area contributed by atoms with E-state index in [9.17, 15) is 0 Å². The zero-order chi connectivity index (χ0) is 13.1. The molecule has 0 fully saturated rings. The van der Waals surface area contributed by atoms with Crippen LogP contribution < -0.4 is 0 Å². The maximum Gasteiger partial charge on any atom is 0.0704 e. The molecule has 1 heterocycles. The molecule has 0 radical (unpaired) electrons. The molecule has 0 aliphatic rings. The van der Waals surface area contributed by atoms with Crippen molar-refractivity contribution in [1.29, 1.82) is 0 Å². The van der Waals surface area contributed by atoms with E-state index in [2.05, 4.69) is 63.0 Å². The van der Waals surface area contributed by atoms with Gasteiger partial charge in [0.2, 0.25) is 0 Å². The molecule has 0 saturated carbocycles.